The fourth-order valence-electron chi connectivity index (χ4n) is 1.73. The normalized spacial score (nSPS) is 10.8. The van der Waals surface area contributed by atoms with Gasteiger partial charge in [-0.3, -0.25) is 0 Å². The Labute approximate surface area is 155 Å². The van der Waals surface area contributed by atoms with Gasteiger partial charge in [0.15, 0.2) is 0 Å². The van der Waals surface area contributed by atoms with Gasteiger partial charge < -0.3 is 10.4 Å². The number of anilines is 1. The van der Waals surface area contributed by atoms with E-state index in [-0.39, 0.29) is 10.8 Å². The molecule has 0 unspecified atom stereocenters. The molecule has 0 aliphatic carbocycles. The van der Waals surface area contributed by atoms with E-state index >= 15 is 0 Å². The van der Waals surface area contributed by atoms with Crippen molar-refractivity contribution in [3.05, 3.63) is 55.4 Å². The van der Waals surface area contributed by atoms with Gasteiger partial charge >= 0.3 is 6.03 Å². The summed E-state index contributed by atoms with van der Waals surface area (Å²) in [7, 11) is 0. The second kappa shape index (κ2) is 7.81. The highest BCUT2D eigenvalue weighted by molar-refractivity contribution is 9.10. The summed E-state index contributed by atoms with van der Waals surface area (Å²) in [5.41, 5.74) is 4.34. The minimum absolute atomic E-state index is 0.107. The maximum absolute atomic E-state index is 11.8. The van der Waals surface area contributed by atoms with Crippen molar-refractivity contribution in [2.45, 2.75) is 6.92 Å². The van der Waals surface area contributed by atoms with E-state index in [2.05, 4.69) is 47.7 Å². The first-order valence-corrected chi connectivity index (χ1v) is 8.37. The van der Waals surface area contributed by atoms with E-state index in [0.29, 0.717) is 15.7 Å². The number of carbonyl (C=O) groups excluding carboxylic acids is 1. The molecule has 0 bridgehead atoms. The minimum atomic E-state index is -0.497. The van der Waals surface area contributed by atoms with Crippen molar-refractivity contribution in [2.24, 2.45) is 5.10 Å². The lowest BCUT2D eigenvalue weighted by atomic mass is 10.2. The largest absolute Gasteiger partial charge is 0.506 e. The van der Waals surface area contributed by atoms with Gasteiger partial charge in [-0.25, -0.2) is 10.2 Å². The second-order valence-electron chi connectivity index (χ2n) is 4.61. The molecule has 3 N–H and O–H groups in total. The Kier molecular flexibility index (Phi) is 6.04. The highest BCUT2D eigenvalue weighted by Gasteiger charge is 2.06. The Morgan fingerprint density at radius 1 is 1.30 bits per heavy atom. The van der Waals surface area contributed by atoms with Gasteiger partial charge in [0.25, 0.3) is 0 Å². The van der Waals surface area contributed by atoms with Gasteiger partial charge in [-0.05, 0) is 42.8 Å². The first kappa shape index (κ1) is 17.8. The smallest absolute Gasteiger partial charge is 0.339 e. The molecule has 23 heavy (non-hydrogen) atoms. The average Bonchev–Trinajstić information content (AvgIpc) is 2.48. The molecule has 2 aromatic rings. The SMILES string of the molecule is Cc1cc(NC(=O)N/N=C\c2cc(Br)cc(Cl)c2O)ccc1Br. The number of carbonyl (C=O) groups is 1. The Balaban J connectivity index is 2.00. The summed E-state index contributed by atoms with van der Waals surface area (Å²) in [6.45, 7) is 1.92. The van der Waals surface area contributed by atoms with Crippen LogP contribution in [-0.2, 0) is 0 Å². The van der Waals surface area contributed by atoms with Crippen molar-refractivity contribution in [1.29, 1.82) is 0 Å². The first-order valence-electron chi connectivity index (χ1n) is 6.41. The van der Waals surface area contributed by atoms with Crippen molar-refractivity contribution in [3.8, 4) is 5.75 Å². The molecule has 0 spiro atoms. The molecule has 0 heterocycles. The van der Waals surface area contributed by atoms with E-state index in [1.54, 1.807) is 18.2 Å². The number of nitrogens with one attached hydrogen (secondary N) is 2. The predicted octanol–water partition coefficient (Wildman–Crippen LogP) is 5.03. The Morgan fingerprint density at radius 2 is 2.04 bits per heavy atom. The summed E-state index contributed by atoms with van der Waals surface area (Å²) in [5.74, 6) is -0.107. The third-order valence-electron chi connectivity index (χ3n) is 2.84. The fraction of sp³-hybridized carbons (Fsp3) is 0.0667. The summed E-state index contributed by atoms with van der Waals surface area (Å²) < 4.78 is 1.65. The standard InChI is InChI=1S/C15H12Br2ClN3O2/c1-8-4-11(2-3-12(8)17)20-15(23)21-19-7-9-5-10(16)6-13(18)14(9)22/h2-7,22H,1H3,(H2,20,21,23)/b19-7-. The molecule has 0 saturated carbocycles. The molecule has 0 fully saturated rings. The zero-order chi connectivity index (χ0) is 17.0. The molecular weight excluding hydrogens is 449 g/mol. The van der Waals surface area contributed by atoms with Crippen LogP contribution in [0.2, 0.25) is 5.02 Å². The molecule has 2 amide bonds. The number of urea groups is 1. The van der Waals surface area contributed by atoms with Crippen molar-refractivity contribution < 1.29 is 9.90 Å². The van der Waals surface area contributed by atoms with E-state index < -0.39 is 6.03 Å². The van der Waals surface area contributed by atoms with Crippen molar-refractivity contribution in [3.63, 3.8) is 0 Å². The van der Waals surface area contributed by atoms with Crippen LogP contribution in [0, 0.1) is 6.92 Å². The number of hydrogen-bond acceptors (Lipinski definition) is 3. The number of hydrazone groups is 1. The van der Waals surface area contributed by atoms with Crippen LogP contribution in [0.1, 0.15) is 11.1 Å². The zero-order valence-electron chi connectivity index (χ0n) is 11.9. The molecule has 2 aromatic carbocycles. The zero-order valence-corrected chi connectivity index (χ0v) is 15.8. The highest BCUT2D eigenvalue weighted by Crippen LogP contribution is 2.30. The lowest BCUT2D eigenvalue weighted by Crippen LogP contribution is -2.24. The van der Waals surface area contributed by atoms with Gasteiger partial charge in [0.2, 0.25) is 0 Å². The second-order valence-corrected chi connectivity index (χ2v) is 6.79. The molecule has 0 atom stereocenters. The van der Waals surface area contributed by atoms with Crippen LogP contribution < -0.4 is 10.7 Å². The van der Waals surface area contributed by atoms with E-state index in [4.69, 9.17) is 11.6 Å². The molecule has 0 aliphatic rings. The molecule has 5 nitrogen and oxygen atoms in total. The Morgan fingerprint density at radius 3 is 2.74 bits per heavy atom. The quantitative estimate of drug-likeness (QED) is 0.443. The Hall–Kier alpha value is -1.57. The Bertz CT molecular complexity index is 782. The number of rotatable bonds is 3. The maximum atomic E-state index is 11.8. The lowest BCUT2D eigenvalue weighted by Gasteiger charge is -2.06. The van der Waals surface area contributed by atoms with Crippen molar-refractivity contribution in [2.75, 3.05) is 5.32 Å². The number of halogens is 3. The summed E-state index contributed by atoms with van der Waals surface area (Å²) in [6.07, 6.45) is 1.30. The van der Waals surface area contributed by atoms with Crippen LogP contribution >= 0.6 is 43.5 Å². The van der Waals surface area contributed by atoms with Gasteiger partial charge in [0.05, 0.1) is 11.2 Å². The molecule has 0 radical (unpaired) electrons. The molecule has 0 aliphatic heterocycles. The topological polar surface area (TPSA) is 73.7 Å². The third-order valence-corrected chi connectivity index (χ3v) is 4.48. The van der Waals surface area contributed by atoms with E-state index in [1.165, 1.54) is 6.21 Å². The third kappa shape index (κ3) is 4.95. The predicted molar refractivity (Wildman–Crippen MR) is 99.4 cm³/mol. The number of aryl methyl sites for hydroxylation is 1. The number of nitrogens with zero attached hydrogens (tertiary/aromatic N) is 1. The molecule has 0 saturated heterocycles. The maximum Gasteiger partial charge on any atom is 0.339 e. The average molecular weight is 462 g/mol. The summed E-state index contributed by atoms with van der Waals surface area (Å²) in [5, 5.41) is 16.4. The molecule has 120 valence electrons. The molecular formula is C15H12Br2ClN3O2. The van der Waals surface area contributed by atoms with Gasteiger partial charge in [-0.15, -0.1) is 0 Å². The summed E-state index contributed by atoms with van der Waals surface area (Å²) in [4.78, 5) is 11.8. The van der Waals surface area contributed by atoms with Crippen LogP contribution in [0.15, 0.2) is 44.4 Å². The molecule has 0 aromatic heterocycles. The van der Waals surface area contributed by atoms with Crippen LogP contribution in [0.25, 0.3) is 0 Å². The van der Waals surface area contributed by atoms with Crippen LogP contribution in [0.5, 0.6) is 5.75 Å². The highest BCUT2D eigenvalue weighted by atomic mass is 79.9. The van der Waals surface area contributed by atoms with E-state index in [9.17, 15) is 9.90 Å². The van der Waals surface area contributed by atoms with Gasteiger partial charge in [-0.2, -0.15) is 5.10 Å². The molecule has 2 rings (SSSR count). The first-order chi connectivity index (χ1) is 10.9. The van der Waals surface area contributed by atoms with Crippen LogP contribution in [0.3, 0.4) is 0 Å². The van der Waals surface area contributed by atoms with E-state index in [1.807, 2.05) is 19.1 Å². The number of hydrogen-bond donors (Lipinski definition) is 3. The van der Waals surface area contributed by atoms with Gasteiger partial charge in [0, 0.05) is 20.2 Å². The number of phenols is 1. The number of amides is 2. The van der Waals surface area contributed by atoms with Crippen LogP contribution in [0.4, 0.5) is 10.5 Å². The monoisotopic (exact) mass is 459 g/mol. The van der Waals surface area contributed by atoms with Gasteiger partial charge in [0.1, 0.15) is 5.75 Å². The molecule has 8 heteroatoms. The fourth-order valence-corrected chi connectivity index (χ4v) is 2.81. The van der Waals surface area contributed by atoms with Crippen molar-refractivity contribution >= 4 is 61.4 Å². The number of phenolic OH excluding ortho intramolecular Hbond substituents is 1. The number of benzene rings is 2. The van der Waals surface area contributed by atoms with E-state index in [0.717, 1.165) is 10.0 Å². The van der Waals surface area contributed by atoms with Gasteiger partial charge in [-0.1, -0.05) is 43.5 Å². The van der Waals surface area contributed by atoms with Crippen molar-refractivity contribution in [1.82, 2.24) is 5.43 Å². The summed E-state index contributed by atoms with van der Waals surface area (Å²) >= 11 is 12.5. The summed E-state index contributed by atoms with van der Waals surface area (Å²) in [6, 6.07) is 8.12. The lowest BCUT2D eigenvalue weighted by molar-refractivity contribution is 0.252. The number of aromatic hydroxyl groups is 1. The minimum Gasteiger partial charge on any atom is -0.506 e. The van der Waals surface area contributed by atoms with Crippen LogP contribution in [-0.4, -0.2) is 17.4 Å².